The van der Waals surface area contributed by atoms with E-state index in [1.54, 1.807) is 0 Å². The van der Waals surface area contributed by atoms with E-state index in [2.05, 4.69) is 36.2 Å². The molecule has 322 valence electrons. The van der Waals surface area contributed by atoms with Crippen molar-refractivity contribution in [2.24, 2.45) is 0 Å². The molecular weight excluding hydrogens is 1010 g/mol. The van der Waals surface area contributed by atoms with Crippen LogP contribution in [0.5, 0.6) is 0 Å². The Balaban J connectivity index is -0.000000192. The van der Waals surface area contributed by atoms with Gasteiger partial charge in [-0.3, -0.25) is 18.3 Å². The molecule has 0 bridgehead atoms. The van der Waals surface area contributed by atoms with Crippen molar-refractivity contribution < 1.29 is 103 Å². The molecular formula is C32H72O16P4Pu. The molecule has 0 radical (unpaired) electrons. The van der Waals surface area contributed by atoms with E-state index in [1.165, 1.54) is 0 Å². The molecule has 16 nitrogen and oxygen atoms in total. The Morgan fingerprint density at radius 2 is 0.377 bits per heavy atom. The Morgan fingerprint density at radius 3 is 0.453 bits per heavy atom. The second-order valence-corrected chi connectivity index (χ2v) is 16.9. The molecule has 0 aromatic heterocycles. The van der Waals surface area contributed by atoms with Gasteiger partial charge in [0.05, 0.1) is 52.9 Å². The van der Waals surface area contributed by atoms with Gasteiger partial charge in [0, 0.05) is 0 Å². The summed E-state index contributed by atoms with van der Waals surface area (Å²) in [6, 6.07) is 0. The minimum Gasteiger partial charge on any atom is -0.756 e. The molecule has 0 aliphatic rings. The van der Waals surface area contributed by atoms with E-state index in [0.29, 0.717) is 0 Å². The Kier molecular flexibility index (Phi) is 53.4. The van der Waals surface area contributed by atoms with Crippen LogP contribution in [0.25, 0.3) is 0 Å². The van der Waals surface area contributed by atoms with E-state index in [1.807, 2.05) is 55.4 Å². The van der Waals surface area contributed by atoms with Gasteiger partial charge in [-0.1, -0.05) is 107 Å². The van der Waals surface area contributed by atoms with Crippen LogP contribution in [0.3, 0.4) is 0 Å². The predicted octanol–water partition coefficient (Wildman–Crippen LogP) is 8.35. The number of unbranched alkanes of at least 4 members (excludes halogenated alkanes) is 8. The van der Waals surface area contributed by atoms with Crippen molar-refractivity contribution in [2.45, 2.75) is 158 Å². The van der Waals surface area contributed by atoms with Crippen LogP contribution in [0.2, 0.25) is 0 Å². The van der Waals surface area contributed by atoms with Gasteiger partial charge in [-0.25, -0.2) is 0 Å². The first kappa shape index (κ1) is 63.6. The molecule has 0 fully saturated rings. The number of phosphoric ester groups is 4. The second kappa shape index (κ2) is 44.5. The van der Waals surface area contributed by atoms with Crippen LogP contribution in [0.4, 0.5) is 0 Å². The summed E-state index contributed by atoms with van der Waals surface area (Å²) in [5.74, 6) is 0. The third kappa shape index (κ3) is 57.8. The van der Waals surface area contributed by atoms with Crippen LogP contribution in [-0.2, 0) is 54.5 Å². The standard InChI is InChI=1S/4C8H19O4P.Pu/c4*1-3-5-7-11-13(9,10)12-8-6-4-2;/h4*3-8H2,1-2H3,(H,9,10);/q;;;;+4/p-4. The molecule has 0 spiro atoms. The van der Waals surface area contributed by atoms with E-state index in [9.17, 15) is 37.8 Å². The minimum atomic E-state index is -4.00. The minimum absolute atomic E-state index is 0. The van der Waals surface area contributed by atoms with E-state index < -0.39 is 31.3 Å². The van der Waals surface area contributed by atoms with E-state index >= 15 is 0 Å². The maximum absolute atomic E-state index is 11.0. The first-order chi connectivity index (χ1) is 24.5. The van der Waals surface area contributed by atoms with Crippen LogP contribution >= 0.6 is 31.3 Å². The van der Waals surface area contributed by atoms with Crippen molar-refractivity contribution in [1.82, 2.24) is 0 Å². The van der Waals surface area contributed by atoms with Gasteiger partial charge >= 0.3 is 29.2 Å². The Labute approximate surface area is 343 Å². The molecule has 0 aliphatic carbocycles. The summed E-state index contributed by atoms with van der Waals surface area (Å²) in [5.41, 5.74) is 0. The summed E-state index contributed by atoms with van der Waals surface area (Å²) in [5, 5.41) is 0. The topological polar surface area (TPSA) is 234 Å². The van der Waals surface area contributed by atoms with Gasteiger partial charge in [-0.15, -0.1) is 0 Å². The van der Waals surface area contributed by atoms with Gasteiger partial charge in [0.25, 0.3) is 31.3 Å². The molecule has 0 aromatic carbocycles. The first-order valence-corrected chi connectivity index (χ1v) is 24.7. The normalized spacial score (nSPS) is 11.7. The van der Waals surface area contributed by atoms with Gasteiger partial charge in [-0.05, 0) is 51.4 Å². The first-order valence-electron chi connectivity index (χ1n) is 18.9. The molecule has 0 atom stereocenters. The molecule has 0 amide bonds. The molecule has 0 heterocycles. The molecule has 0 saturated heterocycles. The van der Waals surface area contributed by atoms with Gasteiger partial charge in [0.2, 0.25) is 0 Å². The number of rotatable bonds is 32. The van der Waals surface area contributed by atoms with Crippen molar-refractivity contribution in [2.75, 3.05) is 52.9 Å². The molecule has 0 unspecified atom stereocenters. The maximum Gasteiger partial charge on any atom is 4.00 e. The van der Waals surface area contributed by atoms with E-state index in [4.69, 9.17) is 0 Å². The van der Waals surface area contributed by atoms with Crippen LogP contribution in [0.1, 0.15) is 158 Å². The van der Waals surface area contributed by atoms with Crippen molar-refractivity contribution in [3.8, 4) is 0 Å². The number of hydrogen-bond acceptors (Lipinski definition) is 16. The SMILES string of the molecule is CCCCOP(=O)([O-])OCCCC.CCCCOP(=O)([O-])OCCCC.CCCCOP(=O)([O-])OCCCC.CCCCOP(=O)([O-])OCCCC.[Pu+4]. The zero-order valence-corrected chi connectivity index (χ0v) is 40.7. The number of phosphoric acid groups is 4. The quantitative estimate of drug-likeness (QED) is 0.0455. The summed E-state index contributed by atoms with van der Waals surface area (Å²) in [7, 11) is -16.0. The molecule has 0 N–H and O–H groups in total. The van der Waals surface area contributed by atoms with Crippen molar-refractivity contribution in [3.05, 3.63) is 0 Å². The molecule has 53 heavy (non-hydrogen) atoms. The van der Waals surface area contributed by atoms with Crippen LogP contribution in [0.15, 0.2) is 0 Å². The van der Waals surface area contributed by atoms with Gasteiger partial charge < -0.3 is 55.8 Å². The Morgan fingerprint density at radius 1 is 0.283 bits per heavy atom. The van der Waals surface area contributed by atoms with Gasteiger partial charge in [-0.2, -0.15) is 0 Å². The second-order valence-electron chi connectivity index (χ2n) is 11.3. The summed E-state index contributed by atoms with van der Waals surface area (Å²) >= 11 is 0. The molecule has 21 heteroatoms. The van der Waals surface area contributed by atoms with E-state index in [0.717, 1.165) is 103 Å². The summed E-state index contributed by atoms with van der Waals surface area (Å²) in [4.78, 5) is 43.9. The zero-order valence-electron chi connectivity index (χ0n) is 33.7. The van der Waals surface area contributed by atoms with E-state index in [-0.39, 0.29) is 82.0 Å². The average Bonchev–Trinajstić information content (AvgIpc) is 3.06. The third-order valence-electron chi connectivity index (χ3n) is 5.98. The van der Waals surface area contributed by atoms with Crippen LogP contribution in [-0.4, -0.2) is 52.9 Å². The largest absolute Gasteiger partial charge is 4.00 e. The number of hydrogen-bond donors (Lipinski definition) is 0. The molecule has 0 aliphatic heterocycles. The predicted molar refractivity (Wildman–Crippen MR) is 197 cm³/mol. The summed E-state index contributed by atoms with van der Waals surface area (Å²) in [6.45, 7) is 17.6. The average molecular weight is 1080 g/mol. The van der Waals surface area contributed by atoms with Crippen molar-refractivity contribution in [3.63, 3.8) is 0 Å². The monoisotopic (exact) mass is 1070 g/mol. The Hall–Kier alpha value is 1.43. The van der Waals surface area contributed by atoms with Gasteiger partial charge in [0.15, 0.2) is 0 Å². The fraction of sp³-hybridized carbons (Fsp3) is 1.00. The smallest absolute Gasteiger partial charge is 0.756 e. The maximum atomic E-state index is 11.0. The fourth-order valence-corrected chi connectivity index (χ4v) is 5.83. The molecule has 0 saturated carbocycles. The van der Waals surface area contributed by atoms with Crippen molar-refractivity contribution >= 4 is 31.3 Å². The third-order valence-corrected chi connectivity index (χ3v) is 9.97. The Bertz CT molecular complexity index is 736. The zero-order chi connectivity index (χ0) is 40.6. The summed E-state index contributed by atoms with van der Waals surface area (Å²) in [6.07, 6.45) is 13.2. The van der Waals surface area contributed by atoms with Gasteiger partial charge in [0.1, 0.15) is 0 Å². The molecule has 0 rings (SSSR count). The fourth-order valence-electron chi connectivity index (χ4n) is 2.71. The van der Waals surface area contributed by atoms with Crippen LogP contribution in [0, 0.1) is 29.2 Å². The summed E-state index contributed by atoms with van der Waals surface area (Å²) < 4.78 is 80.6. The molecule has 0 aromatic rings. The van der Waals surface area contributed by atoms with Crippen LogP contribution < -0.4 is 19.6 Å². The van der Waals surface area contributed by atoms with Crippen molar-refractivity contribution in [1.29, 1.82) is 0 Å².